The maximum Gasteiger partial charge on any atom is 0.341 e. The number of anilines is 1. The predicted molar refractivity (Wildman–Crippen MR) is 92.3 cm³/mol. The van der Waals surface area contributed by atoms with Gasteiger partial charge in [0.25, 0.3) is 0 Å². The van der Waals surface area contributed by atoms with Gasteiger partial charge in [-0.1, -0.05) is 13.8 Å². The fourth-order valence-electron chi connectivity index (χ4n) is 2.83. The number of hydrogen-bond acceptors (Lipinski definition) is 4. The van der Waals surface area contributed by atoms with Crippen LogP contribution in [-0.2, 0) is 14.6 Å². The van der Waals surface area contributed by atoms with E-state index in [0.29, 0.717) is 31.1 Å². The van der Waals surface area contributed by atoms with Crippen LogP contribution in [0.3, 0.4) is 0 Å². The van der Waals surface area contributed by atoms with Crippen molar-refractivity contribution in [3.8, 4) is 0 Å². The Balaban J connectivity index is 1.89. The molecule has 140 valence electrons. The van der Waals surface area contributed by atoms with Crippen molar-refractivity contribution in [2.45, 2.75) is 49.8 Å². The molecule has 0 unspecified atom stereocenters. The quantitative estimate of drug-likeness (QED) is 0.831. The highest BCUT2D eigenvalue weighted by molar-refractivity contribution is 7.91. The van der Waals surface area contributed by atoms with Crippen LogP contribution in [-0.4, -0.2) is 44.1 Å². The van der Waals surface area contributed by atoms with Crippen molar-refractivity contribution in [3.63, 3.8) is 0 Å². The highest BCUT2D eigenvalue weighted by atomic mass is 32.2. The van der Waals surface area contributed by atoms with Crippen LogP contribution in [0.15, 0.2) is 29.2 Å². The Morgan fingerprint density at radius 2 is 1.76 bits per heavy atom. The summed E-state index contributed by atoms with van der Waals surface area (Å²) >= 11 is 0. The summed E-state index contributed by atoms with van der Waals surface area (Å²) in [5, 5.41) is 3.27. The molecule has 1 saturated heterocycles. The highest BCUT2D eigenvalue weighted by Crippen LogP contribution is 2.22. The lowest BCUT2D eigenvalue weighted by Crippen LogP contribution is -2.42. The fourth-order valence-corrected chi connectivity index (χ4v) is 3.55. The zero-order valence-corrected chi connectivity index (χ0v) is 15.2. The van der Waals surface area contributed by atoms with Gasteiger partial charge in [0, 0.05) is 31.2 Å². The Morgan fingerprint density at radius 1 is 1.20 bits per heavy atom. The van der Waals surface area contributed by atoms with E-state index in [1.807, 2.05) is 18.7 Å². The lowest BCUT2D eigenvalue weighted by Gasteiger charge is -2.33. The third-order valence-corrected chi connectivity index (χ3v) is 5.62. The van der Waals surface area contributed by atoms with Gasteiger partial charge in [-0.25, -0.2) is 8.42 Å². The summed E-state index contributed by atoms with van der Waals surface area (Å²) in [6.45, 7) is 5.40. The van der Waals surface area contributed by atoms with Crippen molar-refractivity contribution >= 4 is 21.4 Å². The van der Waals surface area contributed by atoms with Crippen LogP contribution in [0.25, 0.3) is 0 Å². The van der Waals surface area contributed by atoms with E-state index < -0.39 is 15.6 Å². The summed E-state index contributed by atoms with van der Waals surface area (Å²) in [5.74, 6) is -2.90. The fraction of sp³-hybridized carbons (Fsp3) is 0.588. The molecule has 1 heterocycles. The van der Waals surface area contributed by atoms with Gasteiger partial charge in [0.15, 0.2) is 0 Å². The van der Waals surface area contributed by atoms with Crippen LogP contribution in [0.2, 0.25) is 0 Å². The second kappa shape index (κ2) is 8.12. The normalized spacial score (nSPS) is 16.5. The Labute approximate surface area is 147 Å². The van der Waals surface area contributed by atoms with Gasteiger partial charge in [-0.05, 0) is 43.0 Å². The molecule has 0 bridgehead atoms. The molecule has 0 spiro atoms. The minimum absolute atomic E-state index is 0.167. The van der Waals surface area contributed by atoms with Crippen molar-refractivity contribution < 1.29 is 22.0 Å². The first-order chi connectivity index (χ1) is 11.7. The van der Waals surface area contributed by atoms with E-state index in [0.717, 1.165) is 12.8 Å². The van der Waals surface area contributed by atoms with Gasteiger partial charge in [0.05, 0.1) is 4.90 Å². The number of piperidine rings is 1. The van der Waals surface area contributed by atoms with Gasteiger partial charge in [0.2, 0.25) is 15.7 Å². The molecule has 1 fully saturated rings. The van der Waals surface area contributed by atoms with Crippen LogP contribution in [0.4, 0.5) is 14.5 Å². The minimum Gasteiger partial charge on any atom is -0.382 e. The molecule has 0 radical (unpaired) electrons. The van der Waals surface area contributed by atoms with Gasteiger partial charge >= 0.3 is 5.76 Å². The minimum atomic E-state index is -4.56. The van der Waals surface area contributed by atoms with Gasteiger partial charge in [-0.3, -0.25) is 4.79 Å². The molecule has 5 nitrogen and oxygen atoms in total. The third kappa shape index (κ3) is 5.14. The number of likely N-dealkylation sites (tertiary alicyclic amines) is 1. The predicted octanol–water partition coefficient (Wildman–Crippen LogP) is 3.13. The SMILES string of the molecule is CC(C)CC(=O)N1CCC(Nc2ccc(S(=O)(=O)C(F)F)cc2)CC1. The standard InChI is InChI=1S/C17H24F2N2O3S/c1-12(2)11-16(22)21-9-7-14(8-10-21)20-13-3-5-15(6-4-13)25(23,24)17(18)19/h3-6,12,14,17,20H,7-11H2,1-2H3. The molecule has 25 heavy (non-hydrogen) atoms. The van der Waals surface area contributed by atoms with Crippen molar-refractivity contribution in [1.29, 1.82) is 0 Å². The molecule has 0 saturated carbocycles. The number of carbonyl (C=O) groups is 1. The third-order valence-electron chi connectivity index (χ3n) is 4.22. The summed E-state index contributed by atoms with van der Waals surface area (Å²) in [6.07, 6.45) is 2.14. The number of nitrogens with zero attached hydrogens (tertiary/aromatic N) is 1. The number of rotatable bonds is 6. The van der Waals surface area contributed by atoms with Crippen molar-refractivity contribution in [1.82, 2.24) is 4.90 Å². The first kappa shape index (κ1) is 19.6. The lowest BCUT2D eigenvalue weighted by molar-refractivity contribution is -0.132. The maximum absolute atomic E-state index is 12.5. The summed E-state index contributed by atoms with van der Waals surface area (Å²) in [7, 11) is -4.56. The summed E-state index contributed by atoms with van der Waals surface area (Å²) in [4.78, 5) is 13.5. The number of nitrogens with one attached hydrogen (secondary N) is 1. The van der Waals surface area contributed by atoms with Crippen molar-refractivity contribution in [3.05, 3.63) is 24.3 Å². The summed E-state index contributed by atoms with van der Waals surface area (Å²) in [5.41, 5.74) is 0.681. The Bertz CT molecular complexity index is 682. The monoisotopic (exact) mass is 374 g/mol. The number of benzene rings is 1. The van der Waals surface area contributed by atoms with E-state index in [4.69, 9.17) is 0 Å². The molecular weight excluding hydrogens is 350 g/mol. The molecule has 0 aliphatic carbocycles. The number of alkyl halides is 2. The molecule has 0 atom stereocenters. The highest BCUT2D eigenvalue weighted by Gasteiger charge is 2.27. The number of sulfone groups is 1. The molecule has 1 aromatic carbocycles. The largest absolute Gasteiger partial charge is 0.382 e. The number of amides is 1. The average molecular weight is 374 g/mol. The molecule has 1 aromatic rings. The molecular formula is C17H24F2N2O3S. The maximum atomic E-state index is 12.5. The summed E-state index contributed by atoms with van der Waals surface area (Å²) < 4.78 is 47.8. The summed E-state index contributed by atoms with van der Waals surface area (Å²) in [6, 6.07) is 5.52. The topological polar surface area (TPSA) is 66.5 Å². The Kier molecular flexibility index (Phi) is 6.37. The van der Waals surface area contributed by atoms with Crippen LogP contribution in [0.5, 0.6) is 0 Å². The smallest absolute Gasteiger partial charge is 0.341 e. The lowest BCUT2D eigenvalue weighted by atomic mass is 10.0. The Morgan fingerprint density at radius 3 is 2.24 bits per heavy atom. The van der Waals surface area contributed by atoms with Crippen molar-refractivity contribution in [2.24, 2.45) is 5.92 Å². The second-order valence-electron chi connectivity index (χ2n) is 6.73. The van der Waals surface area contributed by atoms with E-state index in [-0.39, 0.29) is 16.8 Å². The second-order valence-corrected chi connectivity index (χ2v) is 8.65. The zero-order valence-electron chi connectivity index (χ0n) is 14.4. The molecule has 0 aromatic heterocycles. The molecule has 1 aliphatic heterocycles. The van der Waals surface area contributed by atoms with Gasteiger partial charge < -0.3 is 10.2 Å². The van der Waals surface area contributed by atoms with Crippen molar-refractivity contribution in [2.75, 3.05) is 18.4 Å². The van der Waals surface area contributed by atoms with E-state index in [2.05, 4.69) is 5.32 Å². The average Bonchev–Trinajstić information content (AvgIpc) is 2.55. The Hall–Kier alpha value is -1.70. The van der Waals surface area contributed by atoms with E-state index >= 15 is 0 Å². The molecule has 1 aliphatic rings. The molecule has 2 rings (SSSR count). The van der Waals surface area contributed by atoms with Crippen LogP contribution >= 0.6 is 0 Å². The van der Waals surface area contributed by atoms with Crippen LogP contribution in [0, 0.1) is 5.92 Å². The van der Waals surface area contributed by atoms with E-state index in [1.54, 1.807) is 0 Å². The molecule has 1 N–H and O–H groups in total. The molecule has 1 amide bonds. The number of hydrogen-bond donors (Lipinski definition) is 1. The van der Waals surface area contributed by atoms with E-state index in [1.165, 1.54) is 24.3 Å². The van der Waals surface area contributed by atoms with Gasteiger partial charge in [-0.15, -0.1) is 0 Å². The van der Waals surface area contributed by atoms with Gasteiger partial charge in [0.1, 0.15) is 0 Å². The van der Waals surface area contributed by atoms with E-state index in [9.17, 15) is 22.0 Å². The van der Waals surface area contributed by atoms with Crippen LogP contribution < -0.4 is 5.32 Å². The number of carbonyl (C=O) groups excluding carboxylic acids is 1. The first-order valence-electron chi connectivity index (χ1n) is 8.36. The zero-order chi connectivity index (χ0) is 18.6. The van der Waals surface area contributed by atoms with Gasteiger partial charge in [-0.2, -0.15) is 8.78 Å². The first-order valence-corrected chi connectivity index (χ1v) is 9.91. The molecule has 8 heteroatoms. The van der Waals surface area contributed by atoms with Crippen LogP contribution in [0.1, 0.15) is 33.1 Å². The number of halogens is 2.